The summed E-state index contributed by atoms with van der Waals surface area (Å²) in [5.74, 6) is -2.89. The van der Waals surface area contributed by atoms with E-state index in [0.29, 0.717) is 12.8 Å². The molecule has 1 aromatic rings. The van der Waals surface area contributed by atoms with Gasteiger partial charge in [0.05, 0.1) is 11.2 Å². The van der Waals surface area contributed by atoms with E-state index in [2.05, 4.69) is 5.10 Å². The molecule has 1 saturated carbocycles. The normalized spacial score (nSPS) is 23.0. The Hall–Kier alpha value is -0.680. The van der Waals surface area contributed by atoms with Crippen molar-refractivity contribution in [2.45, 2.75) is 38.2 Å². The van der Waals surface area contributed by atoms with E-state index in [1.54, 1.807) is 0 Å². The Labute approximate surface area is 113 Å². The summed E-state index contributed by atoms with van der Waals surface area (Å²) in [6, 6.07) is 0. The van der Waals surface area contributed by atoms with Gasteiger partial charge in [0.15, 0.2) is 0 Å². The number of alkyl halides is 2. The maximum atomic E-state index is 13.2. The molecule has 1 fully saturated rings. The van der Waals surface area contributed by atoms with Crippen molar-refractivity contribution in [1.82, 2.24) is 9.78 Å². The van der Waals surface area contributed by atoms with E-state index in [9.17, 15) is 13.6 Å². The first-order valence-electron chi connectivity index (χ1n) is 5.68. The molecule has 3 nitrogen and oxygen atoms in total. The molecule has 0 N–H and O–H groups in total. The second-order valence-corrected chi connectivity index (χ2v) is 5.40. The fourth-order valence-corrected chi connectivity index (χ4v) is 2.52. The predicted molar refractivity (Wildman–Crippen MR) is 65.4 cm³/mol. The summed E-state index contributed by atoms with van der Waals surface area (Å²) in [7, 11) is 0. The lowest BCUT2D eigenvalue weighted by atomic mass is 9.86. The van der Waals surface area contributed by atoms with Gasteiger partial charge in [-0.1, -0.05) is 23.2 Å². The highest BCUT2D eigenvalue weighted by molar-refractivity contribution is 6.41. The molecule has 0 amide bonds. The molecule has 0 saturated heterocycles. The zero-order valence-corrected chi connectivity index (χ0v) is 11.0. The topological polar surface area (TPSA) is 34.9 Å². The Kier molecular flexibility index (Phi) is 3.92. The highest BCUT2D eigenvalue weighted by atomic mass is 35.5. The molecule has 1 atom stereocenters. The molecule has 0 spiro atoms. The summed E-state index contributed by atoms with van der Waals surface area (Å²) in [6.07, 6.45) is 2.11. The number of halogens is 4. The van der Waals surface area contributed by atoms with Gasteiger partial charge >= 0.3 is 0 Å². The molecule has 7 heteroatoms. The predicted octanol–water partition coefficient (Wildman–Crippen LogP) is 3.38. The second-order valence-electron chi connectivity index (χ2n) is 4.61. The molecule has 1 heterocycles. The molecule has 0 aliphatic heterocycles. The van der Waals surface area contributed by atoms with E-state index in [1.165, 1.54) is 6.20 Å². The Morgan fingerprint density at radius 2 is 2.22 bits per heavy atom. The maximum absolute atomic E-state index is 13.2. The molecular weight excluding hydrogens is 285 g/mol. The molecule has 1 aromatic heterocycles. The average molecular weight is 297 g/mol. The van der Waals surface area contributed by atoms with Crippen LogP contribution in [0.2, 0.25) is 10.0 Å². The van der Waals surface area contributed by atoms with Gasteiger partial charge in [0.1, 0.15) is 5.02 Å². The molecule has 18 heavy (non-hydrogen) atoms. The highest BCUT2D eigenvalue weighted by Gasteiger charge is 2.36. The first kappa shape index (κ1) is 13.7. The van der Waals surface area contributed by atoms with Crippen LogP contribution in [0.25, 0.3) is 0 Å². The Morgan fingerprint density at radius 3 is 2.89 bits per heavy atom. The van der Waals surface area contributed by atoms with Crippen LogP contribution in [0.5, 0.6) is 0 Å². The highest BCUT2D eigenvalue weighted by Crippen LogP contribution is 2.37. The first-order valence-corrected chi connectivity index (χ1v) is 6.43. The standard InChI is InChI=1S/C11H12Cl2F2N2O/c12-8-5-16-17(10(18)9(8)13)6-7-2-1-3-11(14,15)4-7/h5,7H,1-4,6H2. The molecule has 1 aliphatic rings. The van der Waals surface area contributed by atoms with E-state index < -0.39 is 11.5 Å². The van der Waals surface area contributed by atoms with Crippen LogP contribution in [0.4, 0.5) is 8.78 Å². The van der Waals surface area contributed by atoms with E-state index >= 15 is 0 Å². The van der Waals surface area contributed by atoms with Crippen molar-refractivity contribution in [1.29, 1.82) is 0 Å². The smallest absolute Gasteiger partial charge is 0.266 e. The van der Waals surface area contributed by atoms with Crippen LogP contribution < -0.4 is 5.56 Å². The van der Waals surface area contributed by atoms with Crippen LogP contribution in [0.15, 0.2) is 11.0 Å². The van der Waals surface area contributed by atoms with Gasteiger partial charge in [0.2, 0.25) is 5.92 Å². The fraction of sp³-hybridized carbons (Fsp3) is 0.636. The SMILES string of the molecule is O=c1c(Cl)c(Cl)cnn1CC1CCCC(F)(F)C1. The molecule has 1 unspecified atom stereocenters. The molecule has 0 bridgehead atoms. The molecule has 0 aromatic carbocycles. The van der Waals surface area contributed by atoms with Gasteiger partial charge in [-0.3, -0.25) is 4.79 Å². The lowest BCUT2D eigenvalue weighted by Crippen LogP contribution is -2.32. The molecule has 0 radical (unpaired) electrons. The van der Waals surface area contributed by atoms with Crippen LogP contribution in [0.1, 0.15) is 25.7 Å². The van der Waals surface area contributed by atoms with E-state index in [1.807, 2.05) is 0 Å². The zero-order chi connectivity index (χ0) is 13.3. The van der Waals surface area contributed by atoms with Crippen molar-refractivity contribution in [2.24, 2.45) is 5.92 Å². The number of hydrogen-bond acceptors (Lipinski definition) is 2. The Morgan fingerprint density at radius 1 is 1.50 bits per heavy atom. The third kappa shape index (κ3) is 3.01. The largest absolute Gasteiger partial charge is 0.287 e. The van der Waals surface area contributed by atoms with Crippen molar-refractivity contribution in [2.75, 3.05) is 0 Å². The Balaban J connectivity index is 2.15. The number of hydrogen-bond donors (Lipinski definition) is 0. The van der Waals surface area contributed by atoms with Crippen molar-refractivity contribution in [3.63, 3.8) is 0 Å². The van der Waals surface area contributed by atoms with Crippen LogP contribution in [-0.4, -0.2) is 15.7 Å². The van der Waals surface area contributed by atoms with Gasteiger partial charge in [-0.05, 0) is 18.8 Å². The molecule has 100 valence electrons. The summed E-state index contributed by atoms with van der Waals surface area (Å²) < 4.78 is 27.6. The lowest BCUT2D eigenvalue weighted by molar-refractivity contribution is -0.0553. The quantitative estimate of drug-likeness (QED) is 0.839. The minimum absolute atomic E-state index is 0.0758. The molecular formula is C11H12Cl2F2N2O. The van der Waals surface area contributed by atoms with Gasteiger partial charge in [0, 0.05) is 19.4 Å². The van der Waals surface area contributed by atoms with Gasteiger partial charge in [-0.2, -0.15) is 5.10 Å². The van der Waals surface area contributed by atoms with E-state index in [0.717, 1.165) is 4.68 Å². The third-order valence-corrected chi connectivity index (χ3v) is 3.86. The molecule has 1 aliphatic carbocycles. The van der Waals surface area contributed by atoms with E-state index in [4.69, 9.17) is 23.2 Å². The van der Waals surface area contributed by atoms with Crippen molar-refractivity contribution in [3.05, 3.63) is 26.6 Å². The maximum Gasteiger partial charge on any atom is 0.287 e. The van der Waals surface area contributed by atoms with Gasteiger partial charge in [-0.15, -0.1) is 0 Å². The van der Waals surface area contributed by atoms with Crippen molar-refractivity contribution < 1.29 is 8.78 Å². The van der Waals surface area contributed by atoms with Gasteiger partial charge in [0.25, 0.3) is 5.56 Å². The summed E-state index contributed by atoms with van der Waals surface area (Å²) in [5, 5.41) is 3.78. The van der Waals surface area contributed by atoms with E-state index in [-0.39, 0.29) is 35.3 Å². The third-order valence-electron chi connectivity index (χ3n) is 3.12. The second kappa shape index (κ2) is 5.13. The minimum Gasteiger partial charge on any atom is -0.266 e. The summed E-state index contributed by atoms with van der Waals surface area (Å²) >= 11 is 11.3. The lowest BCUT2D eigenvalue weighted by Gasteiger charge is -2.28. The van der Waals surface area contributed by atoms with Crippen LogP contribution >= 0.6 is 23.2 Å². The summed E-state index contributed by atoms with van der Waals surface area (Å²) in [6.45, 7) is 0.158. The summed E-state index contributed by atoms with van der Waals surface area (Å²) in [5.41, 5.74) is -0.530. The van der Waals surface area contributed by atoms with Gasteiger partial charge in [-0.25, -0.2) is 13.5 Å². The fourth-order valence-electron chi connectivity index (χ4n) is 2.25. The monoisotopic (exact) mass is 296 g/mol. The zero-order valence-electron chi connectivity index (χ0n) is 9.50. The minimum atomic E-state index is -2.64. The van der Waals surface area contributed by atoms with Crippen molar-refractivity contribution >= 4 is 23.2 Å². The van der Waals surface area contributed by atoms with Crippen LogP contribution in [0.3, 0.4) is 0 Å². The van der Waals surface area contributed by atoms with Gasteiger partial charge < -0.3 is 0 Å². The van der Waals surface area contributed by atoms with Crippen molar-refractivity contribution in [3.8, 4) is 0 Å². The van der Waals surface area contributed by atoms with Crippen LogP contribution in [-0.2, 0) is 6.54 Å². The first-order chi connectivity index (χ1) is 8.39. The number of rotatable bonds is 2. The average Bonchev–Trinajstić information content (AvgIpc) is 2.29. The number of aromatic nitrogens is 2. The number of nitrogens with zero attached hydrogens (tertiary/aromatic N) is 2. The van der Waals surface area contributed by atoms with Crippen LogP contribution in [0, 0.1) is 5.92 Å². The summed E-state index contributed by atoms with van der Waals surface area (Å²) in [4.78, 5) is 11.7. The Bertz CT molecular complexity index is 504. The molecule has 2 rings (SSSR count).